The van der Waals surface area contributed by atoms with Gasteiger partial charge in [-0.05, 0) is 36.8 Å². The number of carbonyl (C=O) groups is 1. The lowest BCUT2D eigenvalue weighted by atomic mass is 10.1. The van der Waals surface area contributed by atoms with Crippen LogP contribution in [0.1, 0.15) is 22.5 Å². The third-order valence-electron chi connectivity index (χ3n) is 5.20. The third-order valence-corrected chi connectivity index (χ3v) is 6.95. The number of ether oxygens (including phenoxy) is 2. The molecule has 0 radical (unpaired) electrons. The first-order valence-corrected chi connectivity index (χ1v) is 10.7. The molecule has 0 unspecified atom stereocenters. The van der Waals surface area contributed by atoms with Crippen molar-refractivity contribution in [1.82, 2.24) is 3.97 Å². The zero-order valence-electron chi connectivity index (χ0n) is 15.5. The predicted molar refractivity (Wildman–Crippen MR) is 102 cm³/mol. The minimum atomic E-state index is -4.22. The molecule has 1 aliphatic heterocycles. The molecular weight excluding hydrogens is 416 g/mol. The highest BCUT2D eigenvalue weighted by Crippen LogP contribution is 2.38. The van der Waals surface area contributed by atoms with E-state index in [-0.39, 0.29) is 58.4 Å². The van der Waals surface area contributed by atoms with E-state index in [9.17, 15) is 22.0 Å². The molecule has 0 N–H and O–H groups in total. The van der Waals surface area contributed by atoms with Gasteiger partial charge in [-0.1, -0.05) is 0 Å². The average Bonchev–Trinajstić information content (AvgIpc) is 3.27. The van der Waals surface area contributed by atoms with Crippen LogP contribution < -0.4 is 9.47 Å². The van der Waals surface area contributed by atoms with Crippen LogP contribution in [-0.2, 0) is 16.4 Å². The van der Waals surface area contributed by atoms with E-state index < -0.39 is 21.7 Å². The average molecular weight is 431 g/mol. The molecule has 2 aliphatic rings. The summed E-state index contributed by atoms with van der Waals surface area (Å²) in [5.74, 6) is -1.20. The Bertz CT molecular complexity index is 1310. The quantitative estimate of drug-likeness (QED) is 0.634. The van der Waals surface area contributed by atoms with Crippen LogP contribution >= 0.6 is 0 Å². The van der Waals surface area contributed by atoms with Gasteiger partial charge < -0.3 is 9.47 Å². The predicted octanol–water partition coefficient (Wildman–Crippen LogP) is 3.57. The van der Waals surface area contributed by atoms with E-state index in [4.69, 9.17) is 9.47 Å². The molecule has 0 fully saturated rings. The van der Waals surface area contributed by atoms with E-state index in [1.54, 1.807) is 0 Å². The maximum absolute atomic E-state index is 14.5. The molecule has 0 saturated heterocycles. The molecule has 0 saturated carbocycles. The molecule has 154 valence electrons. The van der Waals surface area contributed by atoms with E-state index in [2.05, 4.69) is 0 Å². The van der Waals surface area contributed by atoms with Crippen LogP contribution in [0.2, 0.25) is 0 Å². The van der Waals surface area contributed by atoms with E-state index in [0.717, 1.165) is 16.1 Å². The van der Waals surface area contributed by atoms with E-state index in [1.807, 2.05) is 0 Å². The molecule has 0 amide bonds. The number of ketones is 1. The third kappa shape index (κ3) is 2.80. The number of rotatable bonds is 3. The Balaban J connectivity index is 1.74. The zero-order chi connectivity index (χ0) is 21.0. The largest absolute Gasteiger partial charge is 0.486 e. The highest BCUT2D eigenvalue weighted by Gasteiger charge is 2.34. The molecule has 30 heavy (non-hydrogen) atoms. The maximum Gasteiger partial charge on any atom is 0.268 e. The van der Waals surface area contributed by atoms with Gasteiger partial charge in [-0.2, -0.15) is 0 Å². The van der Waals surface area contributed by atoms with Gasteiger partial charge in [0.2, 0.25) is 0 Å². The molecule has 2 aromatic carbocycles. The molecule has 1 aromatic heterocycles. The normalized spacial score (nSPS) is 15.3. The lowest BCUT2D eigenvalue weighted by molar-refractivity contribution is 0.0994. The standard InChI is InChI=1S/C21H15F2NO5S/c22-12-1-3-14(16(23)9-12)18-11-15-17(4-5-19(15)25)24(18)30(26,27)13-2-6-20-21(10-13)29-8-7-28-20/h1-3,6,9-11H,4-5,7-8H2. The Kier molecular flexibility index (Phi) is 4.18. The van der Waals surface area contributed by atoms with Crippen LogP contribution in [0.15, 0.2) is 47.4 Å². The lowest BCUT2D eigenvalue weighted by Crippen LogP contribution is -2.19. The first-order valence-electron chi connectivity index (χ1n) is 9.25. The van der Waals surface area contributed by atoms with Crippen LogP contribution in [0.4, 0.5) is 8.78 Å². The van der Waals surface area contributed by atoms with Crippen molar-refractivity contribution in [2.24, 2.45) is 0 Å². The number of fused-ring (bicyclic) bond motifs is 2. The van der Waals surface area contributed by atoms with E-state index in [1.165, 1.54) is 24.3 Å². The van der Waals surface area contributed by atoms with Gasteiger partial charge in [-0.15, -0.1) is 0 Å². The Hall–Kier alpha value is -3.20. The minimum absolute atomic E-state index is 0.0274. The number of hydrogen-bond donors (Lipinski definition) is 0. The fourth-order valence-corrected chi connectivity index (χ4v) is 5.42. The number of carbonyl (C=O) groups excluding carboxylic acids is 1. The number of Topliss-reactive ketones (excluding diaryl/α,β-unsaturated/α-hetero) is 1. The van der Waals surface area contributed by atoms with Crippen LogP contribution in [0.3, 0.4) is 0 Å². The Morgan fingerprint density at radius 1 is 0.867 bits per heavy atom. The van der Waals surface area contributed by atoms with Crippen molar-refractivity contribution in [3.63, 3.8) is 0 Å². The molecule has 3 aromatic rings. The van der Waals surface area contributed by atoms with Gasteiger partial charge in [0.05, 0.1) is 10.6 Å². The van der Waals surface area contributed by atoms with Gasteiger partial charge in [0.15, 0.2) is 17.3 Å². The number of halogens is 2. The Morgan fingerprint density at radius 2 is 1.63 bits per heavy atom. The van der Waals surface area contributed by atoms with Crippen molar-refractivity contribution in [3.05, 3.63) is 65.4 Å². The number of hydrogen-bond acceptors (Lipinski definition) is 5. The monoisotopic (exact) mass is 431 g/mol. The maximum atomic E-state index is 14.5. The molecule has 0 spiro atoms. The molecule has 9 heteroatoms. The summed E-state index contributed by atoms with van der Waals surface area (Å²) in [6.45, 7) is 0.649. The van der Waals surface area contributed by atoms with Gasteiger partial charge in [0, 0.05) is 35.4 Å². The first-order chi connectivity index (χ1) is 14.4. The topological polar surface area (TPSA) is 74.6 Å². The second-order valence-corrected chi connectivity index (χ2v) is 8.80. The SMILES string of the molecule is O=C1CCc2c1cc(-c1ccc(F)cc1F)n2S(=O)(=O)c1ccc2c(c1)OCCO2. The molecule has 5 rings (SSSR count). The summed E-state index contributed by atoms with van der Waals surface area (Å²) in [6, 6.07) is 8.45. The van der Waals surface area contributed by atoms with Crippen molar-refractivity contribution in [1.29, 1.82) is 0 Å². The zero-order valence-corrected chi connectivity index (χ0v) is 16.3. The van der Waals surface area contributed by atoms with Gasteiger partial charge >= 0.3 is 0 Å². The summed E-state index contributed by atoms with van der Waals surface area (Å²) in [6.07, 6.45) is 0.383. The fraction of sp³-hybridized carbons (Fsp3) is 0.190. The van der Waals surface area contributed by atoms with Crippen molar-refractivity contribution >= 4 is 15.8 Å². The van der Waals surface area contributed by atoms with Crippen LogP contribution in [0, 0.1) is 11.6 Å². The van der Waals surface area contributed by atoms with Crippen molar-refractivity contribution in [3.8, 4) is 22.8 Å². The highest BCUT2D eigenvalue weighted by atomic mass is 32.2. The molecule has 0 bridgehead atoms. The van der Waals surface area contributed by atoms with E-state index in [0.29, 0.717) is 18.4 Å². The second kappa shape index (κ2) is 6.66. The fourth-order valence-electron chi connectivity index (χ4n) is 3.83. The molecule has 1 aliphatic carbocycles. The van der Waals surface area contributed by atoms with Crippen molar-refractivity contribution < 1.29 is 31.5 Å². The highest BCUT2D eigenvalue weighted by molar-refractivity contribution is 7.90. The summed E-state index contributed by atoms with van der Waals surface area (Å²) in [5.41, 5.74) is 0.378. The minimum Gasteiger partial charge on any atom is -0.486 e. The van der Waals surface area contributed by atoms with Crippen molar-refractivity contribution in [2.45, 2.75) is 17.7 Å². The van der Waals surface area contributed by atoms with Gasteiger partial charge in [0.25, 0.3) is 10.0 Å². The van der Waals surface area contributed by atoms with Gasteiger partial charge in [-0.25, -0.2) is 21.2 Å². The van der Waals surface area contributed by atoms with Crippen LogP contribution in [0.25, 0.3) is 11.3 Å². The van der Waals surface area contributed by atoms with Crippen LogP contribution in [-0.4, -0.2) is 31.4 Å². The summed E-state index contributed by atoms with van der Waals surface area (Å²) < 4.78 is 67.0. The summed E-state index contributed by atoms with van der Waals surface area (Å²) >= 11 is 0. The molecule has 2 heterocycles. The van der Waals surface area contributed by atoms with Gasteiger partial charge in [0.1, 0.15) is 24.8 Å². The summed E-state index contributed by atoms with van der Waals surface area (Å²) in [5, 5.41) is 0. The van der Waals surface area contributed by atoms with Crippen LogP contribution in [0.5, 0.6) is 11.5 Å². The molecule has 0 atom stereocenters. The number of aromatic nitrogens is 1. The molecular formula is C21H15F2NO5S. The summed E-state index contributed by atoms with van der Waals surface area (Å²) in [4.78, 5) is 12.2. The number of nitrogens with zero attached hydrogens (tertiary/aromatic N) is 1. The van der Waals surface area contributed by atoms with Crippen molar-refractivity contribution in [2.75, 3.05) is 13.2 Å². The molecule has 6 nitrogen and oxygen atoms in total. The second-order valence-electron chi connectivity index (χ2n) is 7.01. The Labute approximate surface area is 170 Å². The first kappa shape index (κ1) is 18.8. The van der Waals surface area contributed by atoms with Gasteiger partial charge in [-0.3, -0.25) is 4.79 Å². The van der Waals surface area contributed by atoms with E-state index >= 15 is 0 Å². The lowest BCUT2D eigenvalue weighted by Gasteiger charge is -2.20. The summed E-state index contributed by atoms with van der Waals surface area (Å²) in [7, 11) is -4.22. The smallest absolute Gasteiger partial charge is 0.268 e. The number of benzene rings is 2. The Morgan fingerprint density at radius 3 is 2.40 bits per heavy atom.